The number of aliphatic hydroxyl groups excluding tert-OH is 1. The number of halogens is 4. The van der Waals surface area contributed by atoms with Crippen molar-refractivity contribution in [2.24, 2.45) is 0 Å². The first-order chi connectivity index (χ1) is 18.0. The van der Waals surface area contributed by atoms with E-state index >= 15 is 0 Å². The van der Waals surface area contributed by atoms with Gasteiger partial charge in [0, 0.05) is 43.5 Å². The van der Waals surface area contributed by atoms with E-state index in [0.717, 1.165) is 16.8 Å². The number of hydrogen-bond donors (Lipinski definition) is 1. The normalized spacial score (nSPS) is 11.5. The number of aromatic nitrogens is 1. The summed E-state index contributed by atoms with van der Waals surface area (Å²) < 4.78 is 54.2. The molecule has 5 aromatic rings. The van der Waals surface area contributed by atoms with Crippen LogP contribution in [0.4, 0.5) is 17.6 Å². The zero-order valence-corrected chi connectivity index (χ0v) is 22.9. The molecule has 39 heavy (non-hydrogen) atoms. The molecule has 9 heteroatoms. The van der Waals surface area contributed by atoms with E-state index in [9.17, 15) is 27.6 Å². The largest absolute Gasteiger partial charge is 0.512 e. The number of ketones is 1. The number of nitriles is 1. The van der Waals surface area contributed by atoms with Crippen molar-refractivity contribution in [3.63, 3.8) is 0 Å². The molecule has 5 rings (SSSR count). The van der Waals surface area contributed by atoms with Gasteiger partial charge in [-0.2, -0.15) is 18.4 Å². The number of nitrogens with zero attached hydrogens (tertiary/aromatic N) is 2. The fraction of sp³-hybridized carbons (Fsp3) is 0.100. The Bertz CT molecular complexity index is 1790. The summed E-state index contributed by atoms with van der Waals surface area (Å²) in [6, 6.07) is 20.5. The summed E-state index contributed by atoms with van der Waals surface area (Å²) >= 11 is 0. The number of fused-ring (bicyclic) bond motifs is 4. The van der Waals surface area contributed by atoms with Crippen LogP contribution in [0.1, 0.15) is 25.0 Å². The van der Waals surface area contributed by atoms with E-state index in [0.29, 0.717) is 33.7 Å². The third-order valence-electron chi connectivity index (χ3n) is 5.72. The van der Waals surface area contributed by atoms with Crippen molar-refractivity contribution in [2.75, 3.05) is 0 Å². The fourth-order valence-corrected chi connectivity index (χ4v) is 4.18. The predicted molar refractivity (Wildman–Crippen MR) is 138 cm³/mol. The maximum absolute atomic E-state index is 14.4. The standard InChI is InChI=1S/C25H11F4N2.C5H8O2.Ir/c26-23-12-17(25(27,28)29)11-22-19-7-8-31-24(21(19)6-5-20(22)23)15-9-14-3-1-2-4-18(14)16(10-15)13-30;1-4(6)3-5(2)7;/h1-8,10-12H;3,6H,1-2H3;/q-1;;/b;4-3-;. The molecule has 0 saturated heterocycles. The number of benzene rings is 4. The average Bonchev–Trinajstić information content (AvgIpc) is 2.86. The molecule has 1 heterocycles. The Morgan fingerprint density at radius 2 is 1.67 bits per heavy atom. The van der Waals surface area contributed by atoms with E-state index in [4.69, 9.17) is 5.11 Å². The van der Waals surface area contributed by atoms with E-state index < -0.39 is 17.6 Å². The Kier molecular flexibility index (Phi) is 8.85. The number of alkyl halides is 3. The van der Waals surface area contributed by atoms with Gasteiger partial charge in [-0.05, 0) is 53.8 Å². The molecule has 4 nitrogen and oxygen atoms in total. The van der Waals surface area contributed by atoms with Crippen LogP contribution in [-0.2, 0) is 31.1 Å². The Labute approximate surface area is 234 Å². The minimum atomic E-state index is -4.67. The number of aliphatic hydroxyl groups is 1. The van der Waals surface area contributed by atoms with Gasteiger partial charge in [-0.25, -0.2) is 4.39 Å². The first-order valence-corrected chi connectivity index (χ1v) is 11.3. The van der Waals surface area contributed by atoms with Crippen molar-refractivity contribution in [2.45, 2.75) is 20.0 Å². The summed E-state index contributed by atoms with van der Waals surface area (Å²) in [6.45, 7) is 2.85. The van der Waals surface area contributed by atoms with E-state index in [1.54, 1.807) is 18.2 Å². The Morgan fingerprint density at radius 3 is 2.28 bits per heavy atom. The van der Waals surface area contributed by atoms with E-state index in [1.165, 1.54) is 32.2 Å². The van der Waals surface area contributed by atoms with Crippen LogP contribution in [0, 0.1) is 23.2 Å². The molecule has 0 amide bonds. The second-order valence-electron chi connectivity index (χ2n) is 8.52. The molecule has 0 fully saturated rings. The van der Waals surface area contributed by atoms with Gasteiger partial charge < -0.3 is 5.11 Å². The van der Waals surface area contributed by atoms with Gasteiger partial charge in [-0.3, -0.25) is 9.78 Å². The number of carbonyl (C=O) groups is 1. The minimum absolute atomic E-state index is 0. The van der Waals surface area contributed by atoms with E-state index in [1.807, 2.05) is 24.3 Å². The molecule has 1 radical (unpaired) electrons. The second kappa shape index (κ2) is 11.7. The maximum atomic E-state index is 14.4. The Balaban J connectivity index is 0.000000468. The predicted octanol–water partition coefficient (Wildman–Crippen LogP) is 8.07. The van der Waals surface area contributed by atoms with Crippen LogP contribution in [0.5, 0.6) is 0 Å². The number of carbonyl (C=O) groups excluding carboxylic acids is 1. The zero-order valence-electron chi connectivity index (χ0n) is 20.5. The minimum Gasteiger partial charge on any atom is -0.512 e. The topological polar surface area (TPSA) is 74.0 Å². The van der Waals surface area contributed by atoms with Gasteiger partial charge in [0.25, 0.3) is 0 Å². The quantitative estimate of drug-likeness (QED) is 0.0663. The van der Waals surface area contributed by atoms with Crippen molar-refractivity contribution in [3.8, 4) is 17.3 Å². The Morgan fingerprint density at radius 1 is 0.974 bits per heavy atom. The number of allylic oxidation sites excluding steroid dienone is 2. The molecular weight excluding hydrogens is 689 g/mol. The number of hydrogen-bond acceptors (Lipinski definition) is 4. The Hall–Kier alpha value is -4.12. The molecule has 0 saturated carbocycles. The van der Waals surface area contributed by atoms with Gasteiger partial charge in [0.15, 0.2) is 5.78 Å². The van der Waals surface area contributed by atoms with Crippen molar-refractivity contribution in [1.82, 2.24) is 4.98 Å². The molecule has 4 aromatic carbocycles. The van der Waals surface area contributed by atoms with Gasteiger partial charge in [0.2, 0.25) is 0 Å². The summed E-state index contributed by atoms with van der Waals surface area (Å²) in [4.78, 5) is 14.4. The van der Waals surface area contributed by atoms with Crippen LogP contribution in [0.15, 0.2) is 78.7 Å². The smallest absolute Gasteiger partial charge is 0.416 e. The van der Waals surface area contributed by atoms with Gasteiger partial charge in [-0.15, -0.1) is 23.6 Å². The number of pyridine rings is 1. The third kappa shape index (κ3) is 6.31. The van der Waals surface area contributed by atoms with Gasteiger partial charge in [0.05, 0.1) is 17.4 Å². The summed E-state index contributed by atoms with van der Waals surface area (Å²) in [5.74, 6) is -0.998. The first kappa shape index (κ1) is 29.4. The van der Waals surface area contributed by atoms with E-state index in [-0.39, 0.29) is 42.4 Å². The van der Waals surface area contributed by atoms with Crippen molar-refractivity contribution >= 4 is 38.1 Å². The van der Waals surface area contributed by atoms with E-state index in [2.05, 4.69) is 17.1 Å². The molecular formula is C30H19F4IrN2O2-. The third-order valence-corrected chi connectivity index (χ3v) is 5.72. The molecule has 0 atom stereocenters. The molecule has 1 aromatic heterocycles. The molecule has 0 aliphatic heterocycles. The van der Waals surface area contributed by atoms with Gasteiger partial charge in [-0.1, -0.05) is 41.3 Å². The molecule has 199 valence electrons. The number of rotatable bonds is 2. The molecule has 0 spiro atoms. The van der Waals surface area contributed by atoms with Crippen molar-refractivity contribution < 1.29 is 47.6 Å². The van der Waals surface area contributed by atoms with Gasteiger partial charge >= 0.3 is 6.18 Å². The average molecular weight is 708 g/mol. The second-order valence-corrected chi connectivity index (χ2v) is 8.52. The van der Waals surface area contributed by atoms with Crippen molar-refractivity contribution in [1.29, 1.82) is 5.26 Å². The van der Waals surface area contributed by atoms with Crippen LogP contribution in [-0.4, -0.2) is 15.9 Å². The summed E-state index contributed by atoms with van der Waals surface area (Å²) in [6.07, 6.45) is -2.04. The first-order valence-electron chi connectivity index (χ1n) is 11.3. The molecule has 0 bridgehead atoms. The maximum Gasteiger partial charge on any atom is 0.416 e. The van der Waals surface area contributed by atoms with Crippen LogP contribution >= 0.6 is 0 Å². The van der Waals surface area contributed by atoms with Crippen LogP contribution in [0.25, 0.3) is 43.6 Å². The van der Waals surface area contributed by atoms with Gasteiger partial charge in [0.1, 0.15) is 5.82 Å². The van der Waals surface area contributed by atoms with Crippen molar-refractivity contribution in [3.05, 3.63) is 102 Å². The van der Waals surface area contributed by atoms with Crippen LogP contribution in [0.3, 0.4) is 0 Å². The molecule has 0 aliphatic rings. The molecule has 1 N–H and O–H groups in total. The SMILES string of the molecule is CC(=O)/C=C(/C)O.N#Cc1cc(-c2nccc3c2ccc2c(F)cc(C(F)(F)F)cc23)[c-]c2ccccc12.[Ir]. The molecule has 0 aliphatic carbocycles. The fourth-order valence-electron chi connectivity index (χ4n) is 4.18. The molecule has 0 unspecified atom stereocenters. The monoisotopic (exact) mass is 708 g/mol. The summed E-state index contributed by atoms with van der Waals surface area (Å²) in [7, 11) is 0. The summed E-state index contributed by atoms with van der Waals surface area (Å²) in [5, 5.41) is 20.6. The van der Waals surface area contributed by atoms with Crippen LogP contribution < -0.4 is 0 Å². The van der Waals surface area contributed by atoms with Crippen LogP contribution in [0.2, 0.25) is 0 Å². The zero-order chi connectivity index (χ0) is 27.6. The summed E-state index contributed by atoms with van der Waals surface area (Å²) in [5.41, 5.74) is 0.383.